The molecular formula is C25H22FN5O2. The van der Waals surface area contributed by atoms with Crippen LogP contribution in [0.2, 0.25) is 0 Å². The second-order valence-corrected chi connectivity index (χ2v) is 7.52. The molecule has 0 aliphatic heterocycles. The van der Waals surface area contributed by atoms with Crippen LogP contribution in [0.3, 0.4) is 0 Å². The van der Waals surface area contributed by atoms with Gasteiger partial charge in [0, 0.05) is 41.9 Å². The maximum atomic E-state index is 13.2. The Labute approximate surface area is 190 Å². The lowest BCUT2D eigenvalue weighted by molar-refractivity contribution is 0.0785. The number of carbonyl (C=O) groups is 1. The maximum absolute atomic E-state index is 13.2. The summed E-state index contributed by atoms with van der Waals surface area (Å²) in [5.74, 6) is 0.368. The Morgan fingerprint density at radius 3 is 2.85 bits per heavy atom. The van der Waals surface area contributed by atoms with Crippen molar-refractivity contribution in [1.29, 1.82) is 5.26 Å². The van der Waals surface area contributed by atoms with E-state index in [1.807, 2.05) is 25.1 Å². The predicted molar refractivity (Wildman–Crippen MR) is 122 cm³/mol. The first-order valence-corrected chi connectivity index (χ1v) is 10.4. The van der Waals surface area contributed by atoms with Crippen molar-refractivity contribution in [3.05, 3.63) is 77.2 Å². The molecule has 33 heavy (non-hydrogen) atoms. The van der Waals surface area contributed by atoms with Crippen LogP contribution in [0.4, 0.5) is 4.39 Å². The number of H-pyrrole nitrogens is 1. The van der Waals surface area contributed by atoms with E-state index in [-0.39, 0.29) is 12.5 Å². The molecular weight excluding hydrogens is 421 g/mol. The van der Waals surface area contributed by atoms with Gasteiger partial charge in [0.15, 0.2) is 0 Å². The van der Waals surface area contributed by atoms with E-state index in [4.69, 9.17) is 4.74 Å². The van der Waals surface area contributed by atoms with Crippen molar-refractivity contribution in [3.8, 4) is 22.9 Å². The Kier molecular flexibility index (Phi) is 6.31. The zero-order chi connectivity index (χ0) is 23.4. The van der Waals surface area contributed by atoms with Crippen molar-refractivity contribution in [3.63, 3.8) is 0 Å². The number of fused-ring (bicyclic) bond motifs is 1. The summed E-state index contributed by atoms with van der Waals surface area (Å²) in [6.45, 7) is 1.89. The van der Waals surface area contributed by atoms with Crippen LogP contribution < -0.4 is 4.74 Å². The molecule has 0 aliphatic carbocycles. The molecule has 166 valence electrons. The smallest absolute Gasteiger partial charge is 0.254 e. The van der Waals surface area contributed by atoms with Crippen LogP contribution >= 0.6 is 0 Å². The summed E-state index contributed by atoms with van der Waals surface area (Å²) in [5.41, 5.74) is 4.38. The van der Waals surface area contributed by atoms with Gasteiger partial charge in [-0.25, -0.2) is 4.39 Å². The number of alkyl halides is 1. The van der Waals surface area contributed by atoms with Crippen LogP contribution in [0.15, 0.2) is 54.9 Å². The second-order valence-electron chi connectivity index (χ2n) is 7.52. The Morgan fingerprint density at radius 1 is 1.24 bits per heavy atom. The minimum atomic E-state index is -0.686. The standard InChI is InChI=1S/C25H22FN5O2/c1-3-33-23-10-18(7-8-20(23)17-6-4-5-16(9-17)12-27)25(32)31(2)15-19-13-28-22(11-26)21-14-29-30-24(19)21/h4-10,13-14H,3,11,15H2,1-2H3,(H,29,30). The Hall–Kier alpha value is -4.25. The van der Waals surface area contributed by atoms with E-state index < -0.39 is 6.67 Å². The first kappa shape index (κ1) is 22.0. The number of carbonyl (C=O) groups excluding carboxylic acids is 1. The number of rotatable bonds is 7. The van der Waals surface area contributed by atoms with Gasteiger partial charge in [0.2, 0.25) is 0 Å². The van der Waals surface area contributed by atoms with E-state index in [0.717, 1.165) is 16.7 Å². The molecule has 4 rings (SSSR count). The van der Waals surface area contributed by atoms with Crippen molar-refractivity contribution in [1.82, 2.24) is 20.1 Å². The van der Waals surface area contributed by atoms with Gasteiger partial charge in [0.25, 0.3) is 5.91 Å². The largest absolute Gasteiger partial charge is 0.493 e. The van der Waals surface area contributed by atoms with Gasteiger partial charge in [-0.3, -0.25) is 14.9 Å². The van der Waals surface area contributed by atoms with E-state index in [0.29, 0.717) is 40.1 Å². The van der Waals surface area contributed by atoms with Crippen molar-refractivity contribution in [2.45, 2.75) is 20.1 Å². The first-order valence-electron chi connectivity index (χ1n) is 10.4. The van der Waals surface area contributed by atoms with Gasteiger partial charge in [0.05, 0.1) is 35.6 Å². The van der Waals surface area contributed by atoms with Gasteiger partial charge in [-0.15, -0.1) is 0 Å². The number of halogens is 1. The molecule has 0 bridgehead atoms. The van der Waals surface area contributed by atoms with E-state index >= 15 is 0 Å². The number of nitriles is 1. The fourth-order valence-corrected chi connectivity index (χ4v) is 3.74. The highest BCUT2D eigenvalue weighted by atomic mass is 19.1. The zero-order valence-corrected chi connectivity index (χ0v) is 18.3. The molecule has 2 aromatic heterocycles. The molecule has 0 spiro atoms. The number of nitrogens with one attached hydrogen (secondary N) is 1. The average Bonchev–Trinajstić information content (AvgIpc) is 3.34. The molecule has 0 radical (unpaired) electrons. The number of aromatic amines is 1. The first-order chi connectivity index (χ1) is 16.0. The number of pyridine rings is 1. The third-order valence-corrected chi connectivity index (χ3v) is 5.36. The Bertz CT molecular complexity index is 1360. The van der Waals surface area contributed by atoms with Gasteiger partial charge < -0.3 is 9.64 Å². The highest BCUT2D eigenvalue weighted by Gasteiger charge is 2.18. The van der Waals surface area contributed by atoms with Crippen molar-refractivity contribution < 1.29 is 13.9 Å². The molecule has 0 saturated carbocycles. The molecule has 0 fully saturated rings. The number of hydrogen-bond acceptors (Lipinski definition) is 5. The Morgan fingerprint density at radius 2 is 2.09 bits per heavy atom. The molecule has 8 heteroatoms. The van der Waals surface area contributed by atoms with E-state index in [9.17, 15) is 14.4 Å². The number of ether oxygens (including phenoxy) is 1. The topological polar surface area (TPSA) is 94.9 Å². The van der Waals surface area contributed by atoms with Gasteiger partial charge in [0.1, 0.15) is 12.4 Å². The Balaban J connectivity index is 1.62. The summed E-state index contributed by atoms with van der Waals surface area (Å²) < 4.78 is 19.0. The summed E-state index contributed by atoms with van der Waals surface area (Å²) >= 11 is 0. The number of aromatic nitrogens is 3. The second kappa shape index (κ2) is 9.49. The summed E-state index contributed by atoms with van der Waals surface area (Å²) in [6, 6.07) is 14.7. The summed E-state index contributed by atoms with van der Waals surface area (Å²) in [6.07, 6.45) is 3.10. The fraction of sp³-hybridized carbons (Fsp3) is 0.200. The van der Waals surface area contributed by atoms with Crippen molar-refractivity contribution >= 4 is 16.8 Å². The molecule has 2 aromatic carbocycles. The fourth-order valence-electron chi connectivity index (χ4n) is 3.74. The lowest BCUT2D eigenvalue weighted by atomic mass is 10.0. The monoisotopic (exact) mass is 443 g/mol. The predicted octanol–water partition coefficient (Wildman–Crippen LogP) is 4.64. The highest BCUT2D eigenvalue weighted by molar-refractivity contribution is 5.96. The molecule has 0 saturated heterocycles. The van der Waals surface area contributed by atoms with Gasteiger partial charge >= 0.3 is 0 Å². The SMILES string of the molecule is CCOc1cc(C(=O)N(C)Cc2cnc(CF)c3cn[nH]c23)ccc1-c1cccc(C#N)c1. The van der Waals surface area contributed by atoms with E-state index in [1.54, 1.807) is 42.4 Å². The number of amides is 1. The third kappa shape index (κ3) is 4.39. The molecule has 2 heterocycles. The summed E-state index contributed by atoms with van der Waals surface area (Å²) in [5, 5.41) is 16.7. The zero-order valence-electron chi connectivity index (χ0n) is 18.3. The van der Waals surface area contributed by atoms with Crippen LogP contribution in [0, 0.1) is 11.3 Å². The van der Waals surface area contributed by atoms with Crippen LogP contribution in [-0.4, -0.2) is 39.6 Å². The van der Waals surface area contributed by atoms with Gasteiger partial charge in [-0.2, -0.15) is 10.4 Å². The molecule has 0 aliphatic rings. The third-order valence-electron chi connectivity index (χ3n) is 5.36. The summed E-state index contributed by atoms with van der Waals surface area (Å²) in [4.78, 5) is 18.9. The molecule has 0 unspecified atom stereocenters. The van der Waals surface area contributed by atoms with Crippen molar-refractivity contribution in [2.75, 3.05) is 13.7 Å². The molecule has 1 N–H and O–H groups in total. The number of nitrogens with zero attached hydrogens (tertiary/aromatic N) is 4. The molecule has 7 nitrogen and oxygen atoms in total. The van der Waals surface area contributed by atoms with Crippen molar-refractivity contribution in [2.24, 2.45) is 0 Å². The lowest BCUT2D eigenvalue weighted by Crippen LogP contribution is -2.26. The minimum absolute atomic E-state index is 0.199. The number of hydrogen-bond donors (Lipinski definition) is 1. The quantitative estimate of drug-likeness (QED) is 0.449. The average molecular weight is 443 g/mol. The van der Waals surface area contributed by atoms with Gasteiger partial charge in [-0.05, 0) is 42.8 Å². The lowest BCUT2D eigenvalue weighted by Gasteiger charge is -2.19. The molecule has 0 atom stereocenters. The van der Waals surface area contributed by atoms with Crippen LogP contribution in [0.5, 0.6) is 5.75 Å². The van der Waals surface area contributed by atoms with Crippen LogP contribution in [-0.2, 0) is 13.2 Å². The normalized spacial score (nSPS) is 10.7. The molecule has 1 amide bonds. The van der Waals surface area contributed by atoms with E-state index in [1.165, 1.54) is 6.20 Å². The maximum Gasteiger partial charge on any atom is 0.254 e. The minimum Gasteiger partial charge on any atom is -0.493 e. The van der Waals surface area contributed by atoms with Gasteiger partial charge in [-0.1, -0.05) is 12.1 Å². The van der Waals surface area contributed by atoms with E-state index in [2.05, 4.69) is 21.3 Å². The number of benzene rings is 2. The summed E-state index contributed by atoms with van der Waals surface area (Å²) in [7, 11) is 1.69. The van der Waals surface area contributed by atoms with Crippen LogP contribution in [0.1, 0.15) is 34.1 Å². The molecule has 4 aromatic rings. The van der Waals surface area contributed by atoms with Crippen LogP contribution in [0.25, 0.3) is 22.0 Å². The highest BCUT2D eigenvalue weighted by Crippen LogP contribution is 2.32.